The molecule has 2 rings (SSSR count). The number of hydrogen-bond donors (Lipinski definition) is 1. The number of halogens is 1. The molecular formula is C15H23ClN2O. The number of likely N-dealkylation sites (N-methyl/N-ethyl adjacent to an activating group) is 1. The summed E-state index contributed by atoms with van der Waals surface area (Å²) in [6, 6.07) is 6.44. The SMILES string of the molecule is CC(C)N(C)CCNCC1Cc2cc(Cl)ccc2O1. The number of benzene rings is 1. The van der Waals surface area contributed by atoms with Crippen molar-refractivity contribution in [3.63, 3.8) is 0 Å². The molecule has 0 radical (unpaired) electrons. The maximum absolute atomic E-state index is 5.99. The topological polar surface area (TPSA) is 24.5 Å². The van der Waals surface area contributed by atoms with E-state index in [0.29, 0.717) is 6.04 Å². The highest BCUT2D eigenvalue weighted by molar-refractivity contribution is 6.30. The number of hydrogen-bond acceptors (Lipinski definition) is 3. The Morgan fingerprint density at radius 1 is 1.47 bits per heavy atom. The van der Waals surface area contributed by atoms with Crippen molar-refractivity contribution in [3.8, 4) is 5.75 Å². The average Bonchev–Trinajstić information content (AvgIpc) is 2.75. The number of ether oxygens (including phenoxy) is 1. The highest BCUT2D eigenvalue weighted by Gasteiger charge is 2.22. The van der Waals surface area contributed by atoms with Crippen LogP contribution >= 0.6 is 11.6 Å². The van der Waals surface area contributed by atoms with Crippen molar-refractivity contribution in [2.45, 2.75) is 32.4 Å². The maximum Gasteiger partial charge on any atom is 0.123 e. The van der Waals surface area contributed by atoms with Gasteiger partial charge in [0.05, 0.1) is 0 Å². The minimum atomic E-state index is 0.234. The van der Waals surface area contributed by atoms with Gasteiger partial charge in [0, 0.05) is 37.1 Å². The molecule has 0 bridgehead atoms. The van der Waals surface area contributed by atoms with E-state index < -0.39 is 0 Å². The van der Waals surface area contributed by atoms with Gasteiger partial charge >= 0.3 is 0 Å². The van der Waals surface area contributed by atoms with Crippen molar-refractivity contribution in [2.24, 2.45) is 0 Å². The van der Waals surface area contributed by atoms with Crippen molar-refractivity contribution in [3.05, 3.63) is 28.8 Å². The van der Waals surface area contributed by atoms with E-state index in [0.717, 1.165) is 36.8 Å². The number of rotatable bonds is 6. The quantitative estimate of drug-likeness (QED) is 0.812. The van der Waals surface area contributed by atoms with Crippen molar-refractivity contribution >= 4 is 11.6 Å². The standard InChI is InChI=1S/C15H23ClN2O/c1-11(2)18(3)7-6-17-10-14-9-12-8-13(16)4-5-15(12)19-14/h4-5,8,11,14,17H,6-7,9-10H2,1-3H3. The van der Waals surface area contributed by atoms with Gasteiger partial charge < -0.3 is 15.0 Å². The van der Waals surface area contributed by atoms with Crippen LogP contribution in [0.25, 0.3) is 0 Å². The smallest absolute Gasteiger partial charge is 0.123 e. The molecule has 0 saturated heterocycles. The molecule has 1 atom stereocenters. The van der Waals surface area contributed by atoms with Gasteiger partial charge in [-0.05, 0) is 44.7 Å². The average molecular weight is 283 g/mol. The fourth-order valence-electron chi connectivity index (χ4n) is 2.18. The van der Waals surface area contributed by atoms with Gasteiger partial charge in [-0.1, -0.05) is 11.6 Å². The van der Waals surface area contributed by atoms with E-state index in [-0.39, 0.29) is 6.10 Å². The Labute approximate surface area is 120 Å². The number of nitrogens with zero attached hydrogens (tertiary/aromatic N) is 1. The van der Waals surface area contributed by atoms with Crippen LogP contribution in [0.2, 0.25) is 5.02 Å². The van der Waals surface area contributed by atoms with Crippen LogP contribution < -0.4 is 10.1 Å². The van der Waals surface area contributed by atoms with Gasteiger partial charge in [0.15, 0.2) is 0 Å². The van der Waals surface area contributed by atoms with E-state index in [4.69, 9.17) is 16.3 Å². The molecule has 1 aromatic carbocycles. The molecular weight excluding hydrogens is 260 g/mol. The predicted molar refractivity (Wildman–Crippen MR) is 80.2 cm³/mol. The summed E-state index contributed by atoms with van der Waals surface area (Å²) in [4.78, 5) is 2.33. The van der Waals surface area contributed by atoms with Crippen LogP contribution in [0.4, 0.5) is 0 Å². The van der Waals surface area contributed by atoms with Gasteiger partial charge in [-0.25, -0.2) is 0 Å². The zero-order valence-electron chi connectivity index (χ0n) is 11.9. The summed E-state index contributed by atoms with van der Waals surface area (Å²) in [7, 11) is 2.15. The molecule has 1 unspecified atom stereocenters. The first-order valence-corrected chi connectivity index (χ1v) is 7.30. The molecule has 0 saturated carbocycles. The zero-order valence-corrected chi connectivity index (χ0v) is 12.7. The Morgan fingerprint density at radius 3 is 3.00 bits per heavy atom. The highest BCUT2D eigenvalue weighted by Crippen LogP contribution is 2.30. The van der Waals surface area contributed by atoms with E-state index in [2.05, 4.69) is 31.1 Å². The fourth-order valence-corrected chi connectivity index (χ4v) is 2.37. The van der Waals surface area contributed by atoms with E-state index >= 15 is 0 Å². The normalized spacial score (nSPS) is 17.9. The Morgan fingerprint density at radius 2 is 2.26 bits per heavy atom. The van der Waals surface area contributed by atoms with Crippen molar-refractivity contribution < 1.29 is 4.74 Å². The summed E-state index contributed by atoms with van der Waals surface area (Å²) in [5.74, 6) is 0.982. The van der Waals surface area contributed by atoms with Crippen molar-refractivity contribution in [1.82, 2.24) is 10.2 Å². The molecule has 1 heterocycles. The monoisotopic (exact) mass is 282 g/mol. The largest absolute Gasteiger partial charge is 0.488 e. The second-order valence-electron chi connectivity index (χ2n) is 5.47. The second kappa shape index (κ2) is 6.60. The van der Waals surface area contributed by atoms with Gasteiger partial charge in [0.2, 0.25) is 0 Å². The maximum atomic E-state index is 5.99. The summed E-state index contributed by atoms with van der Waals surface area (Å²) in [5.41, 5.74) is 1.22. The second-order valence-corrected chi connectivity index (χ2v) is 5.91. The molecule has 0 aliphatic carbocycles. The molecule has 0 fully saturated rings. The first-order chi connectivity index (χ1) is 9.06. The van der Waals surface area contributed by atoms with Crippen LogP contribution in [0, 0.1) is 0 Å². The summed E-state index contributed by atoms with van der Waals surface area (Å²) in [6.45, 7) is 7.36. The lowest BCUT2D eigenvalue weighted by Crippen LogP contribution is -2.37. The Hall–Kier alpha value is -0.770. The number of fused-ring (bicyclic) bond motifs is 1. The van der Waals surface area contributed by atoms with Gasteiger partial charge in [0.25, 0.3) is 0 Å². The zero-order chi connectivity index (χ0) is 13.8. The van der Waals surface area contributed by atoms with Crippen LogP contribution in [-0.2, 0) is 6.42 Å². The summed E-state index contributed by atoms with van der Waals surface area (Å²) in [6.07, 6.45) is 1.18. The summed E-state index contributed by atoms with van der Waals surface area (Å²) in [5, 5.41) is 4.25. The lowest BCUT2D eigenvalue weighted by molar-refractivity contribution is 0.220. The van der Waals surface area contributed by atoms with Crippen LogP contribution in [0.3, 0.4) is 0 Å². The Balaban J connectivity index is 1.70. The summed E-state index contributed by atoms with van der Waals surface area (Å²) >= 11 is 5.99. The van der Waals surface area contributed by atoms with Crippen LogP contribution in [0.5, 0.6) is 5.75 Å². The minimum Gasteiger partial charge on any atom is -0.488 e. The minimum absolute atomic E-state index is 0.234. The van der Waals surface area contributed by atoms with E-state index in [1.165, 1.54) is 5.56 Å². The van der Waals surface area contributed by atoms with Crippen LogP contribution in [0.15, 0.2) is 18.2 Å². The molecule has 106 valence electrons. The highest BCUT2D eigenvalue weighted by atomic mass is 35.5. The first-order valence-electron chi connectivity index (χ1n) is 6.92. The van der Waals surface area contributed by atoms with Crippen molar-refractivity contribution in [1.29, 1.82) is 0 Å². The fraction of sp³-hybridized carbons (Fsp3) is 0.600. The third-order valence-corrected chi connectivity index (χ3v) is 3.89. The molecule has 0 aromatic heterocycles. The van der Waals surface area contributed by atoms with E-state index in [1.807, 2.05) is 18.2 Å². The number of nitrogens with one attached hydrogen (secondary N) is 1. The lowest BCUT2D eigenvalue weighted by atomic mass is 10.1. The Kier molecular flexibility index (Phi) is 5.08. The first kappa shape index (κ1) is 14.6. The molecule has 0 amide bonds. The Bertz CT molecular complexity index is 423. The predicted octanol–water partition coefficient (Wildman–Crippen LogP) is 2.57. The molecule has 1 aromatic rings. The van der Waals surface area contributed by atoms with Crippen molar-refractivity contribution in [2.75, 3.05) is 26.7 Å². The van der Waals surface area contributed by atoms with E-state index in [1.54, 1.807) is 0 Å². The molecule has 19 heavy (non-hydrogen) atoms. The lowest BCUT2D eigenvalue weighted by Gasteiger charge is -2.21. The van der Waals surface area contributed by atoms with Gasteiger partial charge in [-0.3, -0.25) is 0 Å². The molecule has 0 spiro atoms. The summed E-state index contributed by atoms with van der Waals surface area (Å²) < 4.78 is 5.88. The van der Waals surface area contributed by atoms with E-state index in [9.17, 15) is 0 Å². The molecule has 4 heteroatoms. The van der Waals surface area contributed by atoms with Gasteiger partial charge in [-0.2, -0.15) is 0 Å². The third-order valence-electron chi connectivity index (χ3n) is 3.66. The van der Waals surface area contributed by atoms with Crippen LogP contribution in [0.1, 0.15) is 19.4 Å². The molecule has 1 aliphatic rings. The molecule has 1 N–H and O–H groups in total. The molecule has 1 aliphatic heterocycles. The molecule has 3 nitrogen and oxygen atoms in total. The van der Waals surface area contributed by atoms with Gasteiger partial charge in [0.1, 0.15) is 11.9 Å². The van der Waals surface area contributed by atoms with Gasteiger partial charge in [-0.15, -0.1) is 0 Å². The third kappa shape index (κ3) is 4.10. The van der Waals surface area contributed by atoms with Crippen LogP contribution in [-0.4, -0.2) is 43.7 Å².